The van der Waals surface area contributed by atoms with E-state index in [1.54, 1.807) is 0 Å². The van der Waals surface area contributed by atoms with Crippen LogP contribution in [0.2, 0.25) is 5.02 Å². The monoisotopic (exact) mass is 369 g/mol. The number of hydrogen-bond acceptors (Lipinski definition) is 3. The first-order chi connectivity index (χ1) is 12.7. The number of rotatable bonds is 4. The van der Waals surface area contributed by atoms with Gasteiger partial charge in [-0.25, -0.2) is 0 Å². The SMILES string of the molecule is O=C(Cn1ccc2ccccc21)Nc1cccc(Cl)c1N1CCOCC1. The van der Waals surface area contributed by atoms with E-state index in [2.05, 4.69) is 10.2 Å². The first kappa shape index (κ1) is 16.9. The number of anilines is 2. The van der Waals surface area contributed by atoms with Gasteiger partial charge < -0.3 is 19.5 Å². The average molecular weight is 370 g/mol. The van der Waals surface area contributed by atoms with Crippen LogP contribution in [0.25, 0.3) is 10.9 Å². The minimum atomic E-state index is -0.0804. The van der Waals surface area contributed by atoms with Gasteiger partial charge in [0, 0.05) is 24.8 Å². The molecule has 5 nitrogen and oxygen atoms in total. The Kier molecular flexibility index (Phi) is 4.82. The Balaban J connectivity index is 1.55. The summed E-state index contributed by atoms with van der Waals surface area (Å²) in [6.07, 6.45) is 1.94. The number of carbonyl (C=O) groups is 1. The minimum absolute atomic E-state index is 0.0804. The smallest absolute Gasteiger partial charge is 0.244 e. The number of amides is 1. The largest absolute Gasteiger partial charge is 0.378 e. The molecular formula is C20H20ClN3O2. The van der Waals surface area contributed by atoms with E-state index in [0.29, 0.717) is 18.2 Å². The van der Waals surface area contributed by atoms with Crippen LogP contribution < -0.4 is 10.2 Å². The van der Waals surface area contributed by atoms with Crippen molar-refractivity contribution in [3.8, 4) is 0 Å². The zero-order valence-electron chi connectivity index (χ0n) is 14.3. The van der Waals surface area contributed by atoms with Gasteiger partial charge in [-0.2, -0.15) is 0 Å². The maximum atomic E-state index is 12.7. The number of halogens is 1. The molecule has 0 atom stereocenters. The van der Waals surface area contributed by atoms with E-state index in [1.165, 1.54) is 0 Å². The lowest BCUT2D eigenvalue weighted by atomic mass is 10.2. The first-order valence-corrected chi connectivity index (χ1v) is 9.05. The van der Waals surface area contributed by atoms with Crippen molar-refractivity contribution >= 4 is 39.8 Å². The number of fused-ring (bicyclic) bond motifs is 1. The molecule has 1 amide bonds. The number of nitrogens with one attached hydrogen (secondary N) is 1. The maximum Gasteiger partial charge on any atom is 0.244 e. The number of aromatic nitrogens is 1. The summed E-state index contributed by atoms with van der Waals surface area (Å²) in [7, 11) is 0. The summed E-state index contributed by atoms with van der Waals surface area (Å²) in [5.41, 5.74) is 2.64. The molecule has 4 rings (SSSR count). The summed E-state index contributed by atoms with van der Waals surface area (Å²) < 4.78 is 7.37. The molecule has 0 spiro atoms. The van der Waals surface area contributed by atoms with E-state index < -0.39 is 0 Å². The van der Waals surface area contributed by atoms with Gasteiger partial charge >= 0.3 is 0 Å². The standard InChI is InChI=1S/C20H20ClN3O2/c21-16-5-3-6-17(20(16)23-10-12-26-13-11-23)22-19(25)14-24-9-8-15-4-1-2-7-18(15)24/h1-9H,10-14H2,(H,22,25). The highest BCUT2D eigenvalue weighted by atomic mass is 35.5. The molecule has 2 aromatic carbocycles. The third kappa shape index (κ3) is 3.41. The number of morpholine rings is 1. The number of ether oxygens (including phenoxy) is 1. The number of nitrogens with zero attached hydrogens (tertiary/aromatic N) is 2. The zero-order valence-corrected chi connectivity index (χ0v) is 15.1. The lowest BCUT2D eigenvalue weighted by Crippen LogP contribution is -2.37. The molecule has 1 aliphatic rings. The molecule has 0 radical (unpaired) electrons. The van der Waals surface area contributed by atoms with Crippen molar-refractivity contribution in [3.63, 3.8) is 0 Å². The Morgan fingerprint density at radius 3 is 2.73 bits per heavy atom. The van der Waals surface area contributed by atoms with Gasteiger partial charge in [0.25, 0.3) is 0 Å². The van der Waals surface area contributed by atoms with Crippen LogP contribution in [-0.4, -0.2) is 36.8 Å². The normalized spacial score (nSPS) is 14.6. The second kappa shape index (κ2) is 7.40. The number of carbonyl (C=O) groups excluding carboxylic acids is 1. The molecule has 1 fully saturated rings. The van der Waals surface area contributed by atoms with Gasteiger partial charge in [0.15, 0.2) is 0 Å². The summed E-state index contributed by atoms with van der Waals surface area (Å²) in [6, 6.07) is 15.6. The van der Waals surface area contributed by atoms with Crippen LogP contribution in [0.3, 0.4) is 0 Å². The fraction of sp³-hybridized carbons (Fsp3) is 0.250. The van der Waals surface area contributed by atoms with Crippen molar-refractivity contribution in [2.24, 2.45) is 0 Å². The molecule has 26 heavy (non-hydrogen) atoms. The second-order valence-electron chi connectivity index (χ2n) is 6.29. The molecule has 1 aromatic heterocycles. The fourth-order valence-corrected chi connectivity index (χ4v) is 3.64. The van der Waals surface area contributed by atoms with E-state index >= 15 is 0 Å². The van der Waals surface area contributed by atoms with Gasteiger partial charge in [-0.15, -0.1) is 0 Å². The molecule has 2 heterocycles. The second-order valence-corrected chi connectivity index (χ2v) is 6.69. The Morgan fingerprint density at radius 2 is 1.88 bits per heavy atom. The van der Waals surface area contributed by atoms with Gasteiger partial charge in [0.2, 0.25) is 5.91 Å². The molecular weight excluding hydrogens is 350 g/mol. The van der Waals surface area contributed by atoms with Crippen LogP contribution in [0.1, 0.15) is 0 Å². The molecule has 6 heteroatoms. The lowest BCUT2D eigenvalue weighted by molar-refractivity contribution is -0.116. The average Bonchev–Trinajstić information content (AvgIpc) is 3.05. The Labute approximate surface area is 157 Å². The molecule has 1 saturated heterocycles. The van der Waals surface area contributed by atoms with Crippen molar-refractivity contribution in [2.75, 3.05) is 36.5 Å². The molecule has 0 saturated carbocycles. The first-order valence-electron chi connectivity index (χ1n) is 8.67. The van der Waals surface area contributed by atoms with E-state index in [9.17, 15) is 4.79 Å². The van der Waals surface area contributed by atoms with Crippen molar-refractivity contribution in [1.29, 1.82) is 0 Å². The van der Waals surface area contributed by atoms with Gasteiger partial charge in [0.1, 0.15) is 6.54 Å². The highest BCUT2D eigenvalue weighted by Gasteiger charge is 2.19. The van der Waals surface area contributed by atoms with Gasteiger partial charge in [-0.1, -0.05) is 35.9 Å². The van der Waals surface area contributed by atoms with Gasteiger partial charge in [0.05, 0.1) is 29.6 Å². The highest BCUT2D eigenvalue weighted by Crippen LogP contribution is 2.34. The molecule has 3 aromatic rings. The van der Waals surface area contributed by atoms with Crippen molar-refractivity contribution in [3.05, 3.63) is 59.8 Å². The maximum absolute atomic E-state index is 12.7. The van der Waals surface area contributed by atoms with E-state index in [4.69, 9.17) is 16.3 Å². The predicted molar refractivity (Wildman–Crippen MR) is 105 cm³/mol. The lowest BCUT2D eigenvalue weighted by Gasteiger charge is -2.31. The zero-order chi connectivity index (χ0) is 17.9. The van der Waals surface area contributed by atoms with Crippen molar-refractivity contribution in [1.82, 2.24) is 4.57 Å². The predicted octanol–water partition coefficient (Wildman–Crippen LogP) is 3.77. The minimum Gasteiger partial charge on any atom is -0.378 e. The number of benzene rings is 2. The van der Waals surface area contributed by atoms with Crippen LogP contribution >= 0.6 is 11.6 Å². The summed E-state index contributed by atoms with van der Waals surface area (Å²) >= 11 is 6.43. The molecule has 0 aliphatic carbocycles. The van der Waals surface area contributed by atoms with Crippen molar-refractivity contribution < 1.29 is 9.53 Å². The molecule has 134 valence electrons. The summed E-state index contributed by atoms with van der Waals surface area (Å²) in [5.74, 6) is -0.0804. The Morgan fingerprint density at radius 1 is 1.08 bits per heavy atom. The topological polar surface area (TPSA) is 46.5 Å². The fourth-order valence-electron chi connectivity index (χ4n) is 3.35. The number of hydrogen-bond donors (Lipinski definition) is 1. The Hall–Kier alpha value is -2.50. The number of para-hydroxylation sites is 2. The highest BCUT2D eigenvalue weighted by molar-refractivity contribution is 6.34. The van der Waals surface area contributed by atoms with Crippen LogP contribution in [0, 0.1) is 0 Å². The Bertz CT molecular complexity index is 932. The molecule has 1 aliphatic heterocycles. The van der Waals surface area contributed by atoms with Crippen LogP contribution in [-0.2, 0) is 16.1 Å². The van der Waals surface area contributed by atoms with Crippen molar-refractivity contribution in [2.45, 2.75) is 6.54 Å². The van der Waals surface area contributed by atoms with Crippen LogP contribution in [0.15, 0.2) is 54.7 Å². The summed E-state index contributed by atoms with van der Waals surface area (Å²) in [4.78, 5) is 14.8. The third-order valence-electron chi connectivity index (χ3n) is 4.58. The van der Waals surface area contributed by atoms with E-state index in [1.807, 2.05) is 59.3 Å². The molecule has 0 bridgehead atoms. The quantitative estimate of drug-likeness (QED) is 0.761. The van der Waals surface area contributed by atoms with E-state index in [-0.39, 0.29) is 12.5 Å². The summed E-state index contributed by atoms with van der Waals surface area (Å²) in [6.45, 7) is 3.09. The third-order valence-corrected chi connectivity index (χ3v) is 4.89. The summed E-state index contributed by atoms with van der Waals surface area (Å²) in [5, 5.41) is 4.78. The van der Waals surface area contributed by atoms with Crippen LogP contribution in [0.4, 0.5) is 11.4 Å². The molecule has 0 unspecified atom stereocenters. The van der Waals surface area contributed by atoms with Gasteiger partial charge in [-0.3, -0.25) is 4.79 Å². The van der Waals surface area contributed by atoms with E-state index in [0.717, 1.165) is 35.4 Å². The van der Waals surface area contributed by atoms with Crippen LogP contribution in [0.5, 0.6) is 0 Å². The van der Waals surface area contributed by atoms with Gasteiger partial charge in [-0.05, 0) is 29.7 Å². The molecule has 1 N–H and O–H groups in total.